The fourth-order valence-corrected chi connectivity index (χ4v) is 2.55. The molecule has 0 N–H and O–H groups in total. The molecule has 1 aliphatic heterocycles. The minimum absolute atomic E-state index is 0.265. The highest BCUT2D eigenvalue weighted by Gasteiger charge is 2.34. The number of carbonyl (C=O) groups is 3. The summed E-state index contributed by atoms with van der Waals surface area (Å²) in [4.78, 5) is 36.7. The van der Waals surface area contributed by atoms with Gasteiger partial charge in [0.25, 0.3) is 11.8 Å². The molecule has 1 heterocycles. The van der Waals surface area contributed by atoms with E-state index >= 15 is 0 Å². The molecule has 0 aliphatic carbocycles. The lowest BCUT2D eigenvalue weighted by Gasteiger charge is -2.14. The van der Waals surface area contributed by atoms with Crippen molar-refractivity contribution in [1.29, 1.82) is 0 Å². The molecule has 0 unspecified atom stereocenters. The minimum Gasteiger partial charge on any atom is -0.298 e. The second kappa shape index (κ2) is 5.32. The minimum atomic E-state index is -0.265. The van der Waals surface area contributed by atoms with Gasteiger partial charge in [0.05, 0.1) is 11.1 Å². The Morgan fingerprint density at radius 1 is 0.857 bits per heavy atom. The predicted octanol–water partition coefficient (Wildman–Crippen LogP) is 2.34. The fraction of sp³-hybridized carbons (Fsp3) is 0.118. The third kappa shape index (κ3) is 2.25. The van der Waals surface area contributed by atoms with Crippen LogP contribution in [0, 0.1) is 0 Å². The molecular weight excluding hydrogens is 266 g/mol. The highest BCUT2D eigenvalue weighted by Crippen LogP contribution is 2.22. The van der Waals surface area contributed by atoms with Crippen molar-refractivity contribution in [3.8, 4) is 0 Å². The first-order chi connectivity index (χ1) is 10.2. The molecule has 1 aliphatic rings. The molecule has 3 rings (SSSR count). The van der Waals surface area contributed by atoms with Crippen molar-refractivity contribution in [1.82, 2.24) is 4.90 Å². The van der Waals surface area contributed by atoms with Gasteiger partial charge in [0.15, 0.2) is 0 Å². The van der Waals surface area contributed by atoms with E-state index in [1.165, 1.54) is 4.90 Å². The Balaban J connectivity index is 1.80. The van der Waals surface area contributed by atoms with Gasteiger partial charge in [0.1, 0.15) is 6.29 Å². The van der Waals surface area contributed by atoms with Crippen molar-refractivity contribution >= 4 is 18.1 Å². The van der Waals surface area contributed by atoms with Gasteiger partial charge < -0.3 is 0 Å². The quantitative estimate of drug-likeness (QED) is 0.637. The molecule has 0 saturated heterocycles. The second-order valence-corrected chi connectivity index (χ2v) is 4.87. The van der Waals surface area contributed by atoms with Crippen LogP contribution in [0.3, 0.4) is 0 Å². The van der Waals surface area contributed by atoms with Gasteiger partial charge in [-0.2, -0.15) is 0 Å². The monoisotopic (exact) mass is 279 g/mol. The van der Waals surface area contributed by atoms with E-state index in [0.29, 0.717) is 23.1 Å². The predicted molar refractivity (Wildman–Crippen MR) is 77.3 cm³/mol. The van der Waals surface area contributed by atoms with Crippen LogP contribution in [0.2, 0.25) is 0 Å². The number of nitrogens with zero attached hydrogens (tertiary/aromatic N) is 1. The van der Waals surface area contributed by atoms with Gasteiger partial charge in [-0.25, -0.2) is 0 Å². The van der Waals surface area contributed by atoms with Gasteiger partial charge in [-0.15, -0.1) is 0 Å². The highest BCUT2D eigenvalue weighted by molar-refractivity contribution is 6.21. The van der Waals surface area contributed by atoms with Crippen molar-refractivity contribution in [2.24, 2.45) is 0 Å². The van der Waals surface area contributed by atoms with E-state index < -0.39 is 0 Å². The fourth-order valence-electron chi connectivity index (χ4n) is 2.55. The lowest BCUT2D eigenvalue weighted by atomic mass is 10.1. The number of carbonyl (C=O) groups excluding carboxylic acids is 3. The standard InChI is InChI=1S/C17H13NO3/c19-11-13-6-2-1-5-12(13)9-10-18-16(20)14-7-3-4-8-15(14)17(18)21/h1-8,11H,9-10H2. The summed E-state index contributed by atoms with van der Waals surface area (Å²) in [5.74, 6) is -0.529. The van der Waals surface area contributed by atoms with Crippen LogP contribution in [0.5, 0.6) is 0 Å². The molecule has 0 radical (unpaired) electrons. The summed E-state index contributed by atoms with van der Waals surface area (Å²) in [6.07, 6.45) is 1.26. The summed E-state index contributed by atoms with van der Waals surface area (Å²) in [5.41, 5.74) is 2.33. The summed E-state index contributed by atoms with van der Waals surface area (Å²) < 4.78 is 0. The Bertz CT molecular complexity index is 701. The number of aldehydes is 1. The van der Waals surface area contributed by atoms with E-state index in [1.54, 1.807) is 36.4 Å². The van der Waals surface area contributed by atoms with Crippen LogP contribution in [0.15, 0.2) is 48.5 Å². The van der Waals surface area contributed by atoms with E-state index in [1.807, 2.05) is 12.1 Å². The molecule has 4 heteroatoms. The van der Waals surface area contributed by atoms with Crippen LogP contribution in [0.1, 0.15) is 36.6 Å². The Labute approximate surface area is 122 Å². The Kier molecular flexibility index (Phi) is 3.36. The van der Waals surface area contributed by atoms with Gasteiger partial charge in [-0.3, -0.25) is 19.3 Å². The summed E-state index contributed by atoms with van der Waals surface area (Å²) in [5, 5.41) is 0. The Morgan fingerprint density at radius 2 is 1.43 bits per heavy atom. The summed E-state index contributed by atoms with van der Waals surface area (Å²) in [6, 6.07) is 14.0. The lowest BCUT2D eigenvalue weighted by Crippen LogP contribution is -2.31. The van der Waals surface area contributed by atoms with Crippen LogP contribution in [0.25, 0.3) is 0 Å². The second-order valence-electron chi connectivity index (χ2n) is 4.87. The molecular formula is C17H13NO3. The highest BCUT2D eigenvalue weighted by atomic mass is 16.2. The van der Waals surface area contributed by atoms with Gasteiger partial charge >= 0.3 is 0 Å². The average molecular weight is 279 g/mol. The SMILES string of the molecule is O=Cc1ccccc1CCN1C(=O)c2ccccc2C1=O. The zero-order valence-electron chi connectivity index (χ0n) is 11.3. The third-order valence-corrected chi connectivity index (χ3v) is 3.66. The van der Waals surface area contributed by atoms with E-state index in [9.17, 15) is 14.4 Å². The molecule has 2 aromatic carbocycles. The number of imide groups is 1. The maximum atomic E-state index is 12.2. The number of fused-ring (bicyclic) bond motifs is 1. The molecule has 104 valence electrons. The van der Waals surface area contributed by atoms with Crippen LogP contribution in [0.4, 0.5) is 0 Å². The first-order valence-corrected chi connectivity index (χ1v) is 6.70. The molecule has 0 saturated carbocycles. The molecule has 21 heavy (non-hydrogen) atoms. The summed E-state index contributed by atoms with van der Waals surface area (Å²) >= 11 is 0. The Morgan fingerprint density at radius 3 is 2.05 bits per heavy atom. The third-order valence-electron chi connectivity index (χ3n) is 3.66. The maximum Gasteiger partial charge on any atom is 0.261 e. The molecule has 0 spiro atoms. The summed E-state index contributed by atoms with van der Waals surface area (Å²) in [7, 11) is 0. The topological polar surface area (TPSA) is 54.5 Å². The molecule has 0 bridgehead atoms. The van der Waals surface area contributed by atoms with Crippen LogP contribution < -0.4 is 0 Å². The number of hydrogen-bond acceptors (Lipinski definition) is 3. The summed E-state index contributed by atoms with van der Waals surface area (Å²) in [6.45, 7) is 0.275. The maximum absolute atomic E-state index is 12.2. The van der Waals surface area contributed by atoms with E-state index in [4.69, 9.17) is 0 Å². The van der Waals surface area contributed by atoms with Crippen LogP contribution in [-0.2, 0) is 6.42 Å². The largest absolute Gasteiger partial charge is 0.298 e. The van der Waals surface area contributed by atoms with Crippen molar-refractivity contribution in [2.75, 3.05) is 6.54 Å². The smallest absolute Gasteiger partial charge is 0.261 e. The lowest BCUT2D eigenvalue weighted by molar-refractivity contribution is 0.0656. The van der Waals surface area contributed by atoms with Crippen molar-refractivity contribution in [3.63, 3.8) is 0 Å². The molecule has 0 atom stereocenters. The molecule has 0 aromatic heterocycles. The van der Waals surface area contributed by atoms with Crippen molar-refractivity contribution in [2.45, 2.75) is 6.42 Å². The van der Waals surface area contributed by atoms with Crippen molar-refractivity contribution < 1.29 is 14.4 Å². The number of benzene rings is 2. The first kappa shape index (κ1) is 13.2. The van der Waals surface area contributed by atoms with Gasteiger partial charge in [0, 0.05) is 12.1 Å². The number of amides is 2. The number of hydrogen-bond donors (Lipinski definition) is 0. The Hall–Kier alpha value is -2.75. The zero-order valence-corrected chi connectivity index (χ0v) is 11.3. The zero-order chi connectivity index (χ0) is 14.8. The van der Waals surface area contributed by atoms with Gasteiger partial charge in [-0.1, -0.05) is 36.4 Å². The van der Waals surface area contributed by atoms with Gasteiger partial charge in [-0.05, 0) is 24.1 Å². The van der Waals surface area contributed by atoms with E-state index in [2.05, 4.69) is 0 Å². The molecule has 4 nitrogen and oxygen atoms in total. The van der Waals surface area contributed by atoms with Crippen LogP contribution in [-0.4, -0.2) is 29.5 Å². The average Bonchev–Trinajstić information content (AvgIpc) is 2.78. The normalized spacial score (nSPS) is 13.4. The molecule has 0 fully saturated rings. The molecule has 2 amide bonds. The van der Waals surface area contributed by atoms with E-state index in [0.717, 1.165) is 11.8 Å². The van der Waals surface area contributed by atoms with E-state index in [-0.39, 0.29) is 18.4 Å². The van der Waals surface area contributed by atoms with Crippen LogP contribution >= 0.6 is 0 Å². The first-order valence-electron chi connectivity index (χ1n) is 6.70. The van der Waals surface area contributed by atoms with Gasteiger partial charge in [0.2, 0.25) is 0 Å². The number of rotatable bonds is 4. The molecule has 2 aromatic rings. The van der Waals surface area contributed by atoms with Crippen molar-refractivity contribution in [3.05, 3.63) is 70.8 Å².